The van der Waals surface area contributed by atoms with E-state index in [0.29, 0.717) is 4.88 Å². The van der Waals surface area contributed by atoms with Gasteiger partial charge in [0.2, 0.25) is 0 Å². The van der Waals surface area contributed by atoms with Crippen LogP contribution in [0, 0.1) is 25.7 Å². The van der Waals surface area contributed by atoms with Crippen LogP contribution in [0.1, 0.15) is 25.7 Å². The third-order valence-electron chi connectivity index (χ3n) is 2.73. The molecule has 1 aromatic carbocycles. The summed E-state index contributed by atoms with van der Waals surface area (Å²) in [5.41, 5.74) is 2.87. The van der Waals surface area contributed by atoms with Crippen molar-refractivity contribution in [3.63, 3.8) is 0 Å². The van der Waals surface area contributed by atoms with Crippen molar-refractivity contribution >= 4 is 22.9 Å². The summed E-state index contributed by atoms with van der Waals surface area (Å²) in [6.45, 7) is 3.73. The molecule has 2 N–H and O–H groups in total. The zero-order valence-electron chi connectivity index (χ0n) is 11.4. The molecule has 20 heavy (non-hydrogen) atoms. The van der Waals surface area contributed by atoms with Gasteiger partial charge >= 0.3 is 0 Å². The van der Waals surface area contributed by atoms with Crippen LogP contribution in [0.2, 0.25) is 0 Å². The van der Waals surface area contributed by atoms with Gasteiger partial charge in [0.1, 0.15) is 6.61 Å². The van der Waals surface area contributed by atoms with E-state index in [1.807, 2.05) is 44.2 Å². The molecule has 0 radical (unpaired) electrons. The average Bonchev–Trinajstić information content (AvgIpc) is 2.80. The van der Waals surface area contributed by atoms with Gasteiger partial charge in [0.15, 0.2) is 0 Å². The fraction of sp³-hybridized carbons (Fsp3) is 0.188. The number of hydrogen-bond acceptors (Lipinski definition) is 3. The first-order valence-electron chi connectivity index (χ1n) is 6.18. The molecular formula is C16H15NO2S. The molecule has 1 aromatic heterocycles. The van der Waals surface area contributed by atoms with Crippen LogP contribution < -0.4 is 5.32 Å². The predicted molar refractivity (Wildman–Crippen MR) is 82.2 cm³/mol. The number of aryl methyl sites for hydroxylation is 2. The lowest BCUT2D eigenvalue weighted by Gasteiger charge is -2.03. The van der Waals surface area contributed by atoms with E-state index in [9.17, 15) is 4.79 Å². The highest BCUT2D eigenvalue weighted by Gasteiger charge is 2.11. The van der Waals surface area contributed by atoms with Crippen LogP contribution in [0.25, 0.3) is 0 Å². The summed E-state index contributed by atoms with van der Waals surface area (Å²) in [7, 11) is 0. The quantitative estimate of drug-likeness (QED) is 0.833. The smallest absolute Gasteiger partial charge is 0.265 e. The second-order valence-electron chi connectivity index (χ2n) is 4.40. The monoisotopic (exact) mass is 285 g/mol. The van der Waals surface area contributed by atoms with Gasteiger partial charge in [-0.3, -0.25) is 4.79 Å². The maximum Gasteiger partial charge on any atom is 0.265 e. The van der Waals surface area contributed by atoms with Crippen LogP contribution in [0.15, 0.2) is 30.3 Å². The molecule has 1 heterocycles. The molecule has 0 aliphatic heterocycles. The van der Waals surface area contributed by atoms with Crippen molar-refractivity contribution in [2.75, 3.05) is 11.9 Å². The molecule has 0 saturated carbocycles. The molecule has 4 heteroatoms. The average molecular weight is 285 g/mol. The van der Waals surface area contributed by atoms with Gasteiger partial charge in [-0.05, 0) is 37.6 Å². The molecule has 0 spiro atoms. The van der Waals surface area contributed by atoms with E-state index in [-0.39, 0.29) is 12.5 Å². The Hall–Kier alpha value is -2.09. The maximum absolute atomic E-state index is 12.1. The normalized spacial score (nSPS) is 9.75. The lowest BCUT2D eigenvalue weighted by molar-refractivity contribution is 0.103. The van der Waals surface area contributed by atoms with Gasteiger partial charge in [0, 0.05) is 5.69 Å². The molecule has 0 aliphatic rings. The molecule has 0 atom stereocenters. The fourth-order valence-corrected chi connectivity index (χ4v) is 2.61. The minimum atomic E-state index is -0.178. The van der Waals surface area contributed by atoms with Gasteiger partial charge in [0.05, 0.1) is 9.75 Å². The number of anilines is 1. The van der Waals surface area contributed by atoms with Crippen LogP contribution in [0.5, 0.6) is 0 Å². The summed E-state index contributed by atoms with van der Waals surface area (Å²) >= 11 is 1.33. The molecule has 3 nitrogen and oxygen atoms in total. The molecule has 0 saturated heterocycles. The lowest BCUT2D eigenvalue weighted by Crippen LogP contribution is -2.09. The molecule has 0 aliphatic carbocycles. The summed E-state index contributed by atoms with van der Waals surface area (Å²) in [5, 5.41) is 11.6. The van der Waals surface area contributed by atoms with Gasteiger partial charge in [-0.15, -0.1) is 11.3 Å². The molecule has 102 valence electrons. The van der Waals surface area contributed by atoms with E-state index in [2.05, 4.69) is 17.2 Å². The Morgan fingerprint density at radius 1 is 1.30 bits per heavy atom. The molecule has 1 amide bonds. The molecule has 2 aromatic rings. The highest BCUT2D eigenvalue weighted by atomic mass is 32.1. The molecule has 0 fully saturated rings. The Bertz CT molecular complexity index is 675. The van der Waals surface area contributed by atoms with Gasteiger partial charge in [0.25, 0.3) is 5.91 Å². The largest absolute Gasteiger partial charge is 0.384 e. The molecule has 0 unspecified atom stereocenters. The number of carbonyl (C=O) groups excluding carboxylic acids is 1. The standard InChI is InChI=1S/C16H15NO2S/c1-11-5-7-13(8-6-11)17-16(19)15-10-12(2)14(20-15)4-3-9-18/h5-8,10,18H,9H2,1-2H3,(H,17,19). The summed E-state index contributed by atoms with van der Waals surface area (Å²) in [6.07, 6.45) is 0. The van der Waals surface area contributed by atoms with Crippen LogP contribution >= 0.6 is 11.3 Å². The van der Waals surface area contributed by atoms with E-state index >= 15 is 0 Å². The highest BCUT2D eigenvalue weighted by molar-refractivity contribution is 7.14. The van der Waals surface area contributed by atoms with E-state index < -0.39 is 0 Å². The molecule has 0 bridgehead atoms. The third-order valence-corrected chi connectivity index (χ3v) is 3.88. The van der Waals surface area contributed by atoms with Crippen molar-refractivity contribution in [3.05, 3.63) is 51.2 Å². The number of aliphatic hydroxyl groups excluding tert-OH is 1. The van der Waals surface area contributed by atoms with E-state index in [1.54, 1.807) is 0 Å². The first kappa shape index (κ1) is 14.3. The third kappa shape index (κ3) is 3.47. The number of carbonyl (C=O) groups is 1. The predicted octanol–water partition coefficient (Wildman–Crippen LogP) is 2.96. The molecule has 2 rings (SSSR count). The number of nitrogens with one attached hydrogen (secondary N) is 1. The summed E-state index contributed by atoms with van der Waals surface area (Å²) in [4.78, 5) is 13.6. The minimum absolute atomic E-state index is 0.140. The number of hydrogen-bond donors (Lipinski definition) is 2. The number of rotatable bonds is 2. The van der Waals surface area contributed by atoms with Crippen molar-refractivity contribution in [2.24, 2.45) is 0 Å². The van der Waals surface area contributed by atoms with Crippen molar-refractivity contribution in [1.82, 2.24) is 0 Å². The number of amides is 1. The van der Waals surface area contributed by atoms with Gasteiger partial charge < -0.3 is 10.4 Å². The van der Waals surface area contributed by atoms with Crippen molar-refractivity contribution in [1.29, 1.82) is 0 Å². The molecular weight excluding hydrogens is 270 g/mol. The first-order chi connectivity index (χ1) is 9.60. The Morgan fingerprint density at radius 2 is 2.00 bits per heavy atom. The van der Waals surface area contributed by atoms with Crippen LogP contribution in [0.4, 0.5) is 5.69 Å². The highest BCUT2D eigenvalue weighted by Crippen LogP contribution is 2.22. The van der Waals surface area contributed by atoms with Gasteiger partial charge in [-0.1, -0.05) is 29.5 Å². The topological polar surface area (TPSA) is 49.3 Å². The Balaban J connectivity index is 2.15. The van der Waals surface area contributed by atoms with Crippen LogP contribution in [0.3, 0.4) is 0 Å². The first-order valence-corrected chi connectivity index (χ1v) is 7.00. The SMILES string of the molecule is Cc1ccc(NC(=O)c2cc(C)c(C#CCO)s2)cc1. The van der Waals surface area contributed by atoms with Gasteiger partial charge in [-0.25, -0.2) is 0 Å². The second-order valence-corrected chi connectivity index (χ2v) is 5.46. The summed E-state index contributed by atoms with van der Waals surface area (Å²) in [5.74, 6) is 5.31. The van der Waals surface area contributed by atoms with Crippen LogP contribution in [-0.2, 0) is 0 Å². The van der Waals surface area contributed by atoms with Crippen LogP contribution in [-0.4, -0.2) is 17.6 Å². The van der Waals surface area contributed by atoms with E-state index in [1.165, 1.54) is 11.3 Å². The van der Waals surface area contributed by atoms with E-state index in [4.69, 9.17) is 5.11 Å². The van der Waals surface area contributed by atoms with Crippen molar-refractivity contribution in [2.45, 2.75) is 13.8 Å². The fourth-order valence-electron chi connectivity index (χ4n) is 1.67. The number of benzene rings is 1. The van der Waals surface area contributed by atoms with Crippen molar-refractivity contribution < 1.29 is 9.90 Å². The van der Waals surface area contributed by atoms with Gasteiger partial charge in [-0.2, -0.15) is 0 Å². The summed E-state index contributed by atoms with van der Waals surface area (Å²) < 4.78 is 0. The minimum Gasteiger partial charge on any atom is -0.384 e. The lowest BCUT2D eigenvalue weighted by atomic mass is 10.2. The Morgan fingerprint density at radius 3 is 2.65 bits per heavy atom. The zero-order valence-corrected chi connectivity index (χ0v) is 12.2. The van der Waals surface area contributed by atoms with Crippen molar-refractivity contribution in [3.8, 4) is 11.8 Å². The second kappa shape index (κ2) is 6.38. The maximum atomic E-state index is 12.1. The Kier molecular flexibility index (Phi) is 4.57. The Labute approximate surface area is 122 Å². The van der Waals surface area contributed by atoms with E-state index in [0.717, 1.165) is 21.7 Å². The number of thiophene rings is 1. The summed E-state index contributed by atoms with van der Waals surface area (Å²) in [6, 6.07) is 9.47. The zero-order chi connectivity index (χ0) is 14.5. The number of aliphatic hydroxyl groups is 1.